The van der Waals surface area contributed by atoms with E-state index in [0.717, 1.165) is 17.0 Å². The smallest absolute Gasteiger partial charge is 0.193 e. The topological polar surface area (TPSA) is 51.2 Å². The van der Waals surface area contributed by atoms with Crippen LogP contribution in [0.5, 0.6) is 0 Å². The molecule has 0 fully saturated rings. The molecule has 0 saturated carbocycles. The molecule has 0 amide bonds. The molecule has 0 aromatic heterocycles. The van der Waals surface area contributed by atoms with E-state index in [1.807, 2.05) is 36.4 Å². The molecule has 0 aliphatic rings. The Hall–Kier alpha value is -2.46. The van der Waals surface area contributed by atoms with E-state index in [9.17, 15) is 13.2 Å². The average molecular weight is 310 g/mol. The minimum atomic E-state index is -3.25. The normalized spacial score (nSPS) is 11.5. The van der Waals surface area contributed by atoms with Crippen LogP contribution in [0.25, 0.3) is 10.8 Å². The first kappa shape index (κ1) is 14.5. The molecule has 0 saturated heterocycles. The zero-order valence-electron chi connectivity index (χ0n) is 12.0. The highest BCUT2D eigenvalue weighted by Crippen LogP contribution is 2.19. The second-order valence-corrected chi connectivity index (χ2v) is 7.20. The van der Waals surface area contributed by atoms with Crippen molar-refractivity contribution in [2.24, 2.45) is 0 Å². The lowest BCUT2D eigenvalue weighted by Gasteiger charge is -2.05. The van der Waals surface area contributed by atoms with E-state index in [4.69, 9.17) is 0 Å². The number of carbonyl (C=O) groups excluding carboxylic acids is 1. The number of benzene rings is 3. The largest absolute Gasteiger partial charge is 0.289 e. The van der Waals surface area contributed by atoms with Crippen molar-refractivity contribution in [1.82, 2.24) is 0 Å². The van der Waals surface area contributed by atoms with Crippen LogP contribution >= 0.6 is 0 Å². The Bertz CT molecular complexity index is 955. The van der Waals surface area contributed by atoms with Gasteiger partial charge >= 0.3 is 0 Å². The van der Waals surface area contributed by atoms with Gasteiger partial charge in [-0.3, -0.25) is 4.79 Å². The fourth-order valence-electron chi connectivity index (χ4n) is 2.35. The third kappa shape index (κ3) is 2.78. The summed E-state index contributed by atoms with van der Waals surface area (Å²) in [6.07, 6.45) is 1.15. The second-order valence-electron chi connectivity index (χ2n) is 5.19. The fraction of sp³-hybridized carbons (Fsp3) is 0.0556. The van der Waals surface area contributed by atoms with Crippen LogP contribution in [-0.2, 0) is 9.84 Å². The average Bonchev–Trinajstić information content (AvgIpc) is 2.53. The molecule has 110 valence electrons. The Kier molecular flexibility index (Phi) is 3.54. The van der Waals surface area contributed by atoms with Crippen LogP contribution in [0.2, 0.25) is 0 Å². The van der Waals surface area contributed by atoms with Crippen molar-refractivity contribution < 1.29 is 13.2 Å². The quantitative estimate of drug-likeness (QED) is 0.696. The van der Waals surface area contributed by atoms with Gasteiger partial charge in [0.1, 0.15) is 0 Å². The highest BCUT2D eigenvalue weighted by atomic mass is 32.2. The predicted molar refractivity (Wildman–Crippen MR) is 86.9 cm³/mol. The van der Waals surface area contributed by atoms with Gasteiger partial charge in [-0.15, -0.1) is 0 Å². The van der Waals surface area contributed by atoms with Gasteiger partial charge in [0, 0.05) is 17.4 Å². The summed E-state index contributed by atoms with van der Waals surface area (Å²) < 4.78 is 22.9. The Labute approximate surface area is 129 Å². The number of carbonyl (C=O) groups is 1. The lowest BCUT2D eigenvalue weighted by atomic mass is 10.00. The van der Waals surface area contributed by atoms with Gasteiger partial charge < -0.3 is 0 Å². The molecular weight excluding hydrogens is 296 g/mol. The van der Waals surface area contributed by atoms with E-state index in [-0.39, 0.29) is 10.7 Å². The van der Waals surface area contributed by atoms with Gasteiger partial charge in [-0.25, -0.2) is 8.42 Å². The molecule has 0 bridgehead atoms. The number of ketones is 1. The number of hydrogen-bond acceptors (Lipinski definition) is 3. The van der Waals surface area contributed by atoms with Gasteiger partial charge in [-0.2, -0.15) is 0 Å². The highest BCUT2D eigenvalue weighted by molar-refractivity contribution is 7.90. The van der Waals surface area contributed by atoms with Gasteiger partial charge in [0.25, 0.3) is 0 Å². The number of rotatable bonds is 3. The zero-order valence-corrected chi connectivity index (χ0v) is 12.8. The van der Waals surface area contributed by atoms with Crippen molar-refractivity contribution in [2.45, 2.75) is 4.90 Å². The predicted octanol–water partition coefficient (Wildman–Crippen LogP) is 3.47. The van der Waals surface area contributed by atoms with Crippen LogP contribution in [0.3, 0.4) is 0 Å². The summed E-state index contributed by atoms with van der Waals surface area (Å²) in [5.41, 5.74) is 1.06. The molecule has 4 heteroatoms. The van der Waals surface area contributed by atoms with Crippen LogP contribution in [0, 0.1) is 0 Å². The van der Waals surface area contributed by atoms with Crippen LogP contribution in [0.1, 0.15) is 15.9 Å². The zero-order chi connectivity index (χ0) is 15.7. The van der Waals surface area contributed by atoms with E-state index < -0.39 is 9.84 Å². The fourth-order valence-corrected chi connectivity index (χ4v) is 2.98. The number of hydrogen-bond donors (Lipinski definition) is 0. The van der Waals surface area contributed by atoms with Crippen molar-refractivity contribution in [3.63, 3.8) is 0 Å². The first-order chi connectivity index (χ1) is 10.4. The lowest BCUT2D eigenvalue weighted by molar-refractivity contribution is 0.103. The molecule has 0 unspecified atom stereocenters. The molecular formula is C18H14O3S. The summed E-state index contributed by atoms with van der Waals surface area (Å²) in [7, 11) is -3.25. The number of fused-ring (bicyclic) bond motifs is 1. The minimum absolute atomic E-state index is 0.120. The molecule has 22 heavy (non-hydrogen) atoms. The monoisotopic (exact) mass is 310 g/mol. The molecule has 3 rings (SSSR count). The van der Waals surface area contributed by atoms with Crippen molar-refractivity contribution in [2.75, 3.05) is 6.26 Å². The molecule has 0 radical (unpaired) electrons. The molecule has 0 heterocycles. The van der Waals surface area contributed by atoms with Gasteiger partial charge in [-0.1, -0.05) is 36.4 Å². The van der Waals surface area contributed by atoms with Crippen LogP contribution in [-0.4, -0.2) is 20.5 Å². The van der Waals surface area contributed by atoms with E-state index in [1.165, 1.54) is 12.1 Å². The summed E-state index contributed by atoms with van der Waals surface area (Å²) in [5.74, 6) is -0.120. The van der Waals surface area contributed by atoms with E-state index in [0.29, 0.717) is 11.1 Å². The maximum Gasteiger partial charge on any atom is 0.193 e. The summed E-state index contributed by atoms with van der Waals surface area (Å²) in [5, 5.41) is 2.08. The molecule has 0 aliphatic heterocycles. The van der Waals surface area contributed by atoms with Crippen molar-refractivity contribution in [3.05, 3.63) is 77.9 Å². The Morgan fingerprint density at radius 3 is 2.00 bits per heavy atom. The summed E-state index contributed by atoms with van der Waals surface area (Å²) in [4.78, 5) is 12.7. The summed E-state index contributed by atoms with van der Waals surface area (Å²) in [6.45, 7) is 0. The SMILES string of the molecule is CS(=O)(=O)c1ccc(C(=O)c2ccc3ccccc3c2)cc1. The standard InChI is InChI=1S/C18H14O3S/c1-22(20,21)17-10-8-14(9-11-17)18(19)16-7-6-13-4-2-3-5-15(13)12-16/h2-12H,1H3. The lowest BCUT2D eigenvalue weighted by Crippen LogP contribution is -2.03. The van der Waals surface area contributed by atoms with Gasteiger partial charge in [-0.05, 0) is 41.1 Å². The van der Waals surface area contributed by atoms with Crippen molar-refractivity contribution >= 4 is 26.4 Å². The van der Waals surface area contributed by atoms with Crippen LogP contribution in [0.4, 0.5) is 0 Å². The third-order valence-corrected chi connectivity index (χ3v) is 4.68. The first-order valence-electron chi connectivity index (χ1n) is 6.79. The maximum absolute atomic E-state index is 12.5. The summed E-state index contributed by atoms with van der Waals surface area (Å²) >= 11 is 0. The molecule has 0 aliphatic carbocycles. The molecule has 0 spiro atoms. The Morgan fingerprint density at radius 2 is 1.36 bits per heavy atom. The van der Waals surface area contributed by atoms with E-state index in [2.05, 4.69) is 0 Å². The van der Waals surface area contributed by atoms with Crippen LogP contribution < -0.4 is 0 Å². The number of sulfone groups is 1. The first-order valence-corrected chi connectivity index (χ1v) is 8.68. The van der Waals surface area contributed by atoms with E-state index in [1.54, 1.807) is 18.2 Å². The summed E-state index contributed by atoms with van der Waals surface area (Å²) in [6, 6.07) is 19.4. The van der Waals surface area contributed by atoms with Crippen molar-refractivity contribution in [1.29, 1.82) is 0 Å². The molecule has 0 N–H and O–H groups in total. The molecule has 3 aromatic carbocycles. The Morgan fingerprint density at radius 1 is 0.773 bits per heavy atom. The third-order valence-electron chi connectivity index (χ3n) is 3.56. The Balaban J connectivity index is 1.98. The highest BCUT2D eigenvalue weighted by Gasteiger charge is 2.12. The van der Waals surface area contributed by atoms with Gasteiger partial charge in [0.15, 0.2) is 15.6 Å². The molecule has 3 aromatic rings. The van der Waals surface area contributed by atoms with Gasteiger partial charge in [0.05, 0.1) is 4.90 Å². The molecule has 3 nitrogen and oxygen atoms in total. The second kappa shape index (κ2) is 5.39. The minimum Gasteiger partial charge on any atom is -0.289 e. The van der Waals surface area contributed by atoms with Crippen molar-refractivity contribution in [3.8, 4) is 0 Å². The van der Waals surface area contributed by atoms with Crippen LogP contribution in [0.15, 0.2) is 71.6 Å². The van der Waals surface area contributed by atoms with E-state index >= 15 is 0 Å². The maximum atomic E-state index is 12.5. The molecule has 0 atom stereocenters. The van der Waals surface area contributed by atoms with Gasteiger partial charge in [0.2, 0.25) is 0 Å².